The molecule has 0 atom stereocenters. The van der Waals surface area contributed by atoms with Gasteiger partial charge in [0, 0.05) is 35.4 Å². The highest BCUT2D eigenvalue weighted by molar-refractivity contribution is 9.10. The van der Waals surface area contributed by atoms with Gasteiger partial charge in [0.05, 0.1) is 0 Å². The maximum atomic E-state index is 11.8. The fourth-order valence-electron chi connectivity index (χ4n) is 2.49. The van der Waals surface area contributed by atoms with Crippen LogP contribution < -0.4 is 0 Å². The summed E-state index contributed by atoms with van der Waals surface area (Å²) in [6, 6.07) is 8.20. The number of ketones is 1. The van der Waals surface area contributed by atoms with Gasteiger partial charge in [0.25, 0.3) is 0 Å². The summed E-state index contributed by atoms with van der Waals surface area (Å²) in [4.78, 5) is 11.8. The average molecular weight is 304 g/mol. The van der Waals surface area contributed by atoms with Crippen molar-refractivity contribution in [2.24, 2.45) is 0 Å². The Hall–Kier alpha value is -1.35. The molecule has 0 N–H and O–H groups in total. The van der Waals surface area contributed by atoms with Crippen molar-refractivity contribution >= 4 is 21.7 Å². The van der Waals surface area contributed by atoms with E-state index in [0.717, 1.165) is 29.4 Å². The molecule has 0 aliphatic heterocycles. The lowest BCUT2D eigenvalue weighted by atomic mass is 9.95. The molecule has 0 spiro atoms. The second-order valence-electron chi connectivity index (χ2n) is 4.74. The monoisotopic (exact) mass is 303 g/mol. The highest BCUT2D eigenvalue weighted by Gasteiger charge is 2.19. The number of hydrogen-bond donors (Lipinski definition) is 0. The van der Waals surface area contributed by atoms with E-state index in [1.165, 1.54) is 11.1 Å². The van der Waals surface area contributed by atoms with Gasteiger partial charge in [0.1, 0.15) is 0 Å². The Morgan fingerprint density at radius 1 is 1.17 bits per heavy atom. The van der Waals surface area contributed by atoms with E-state index in [0.29, 0.717) is 12.2 Å². The van der Waals surface area contributed by atoms with Crippen LogP contribution in [0.4, 0.5) is 0 Å². The standard InChI is InChI=1S/C15H14BrNO/c16-14-6-2-1-4-12(14)9-17-8-11-5-3-7-15(18)13(11)10-17/h1-2,4,6,8,10H,3,5,7,9H2. The SMILES string of the molecule is O=C1CCCc2cn(Cc3ccccc3Br)cc21. The van der Waals surface area contributed by atoms with Crippen LogP contribution in [0.2, 0.25) is 0 Å². The first-order valence-corrected chi connectivity index (χ1v) is 6.98. The summed E-state index contributed by atoms with van der Waals surface area (Å²) in [5, 5.41) is 0. The van der Waals surface area contributed by atoms with Gasteiger partial charge in [-0.15, -0.1) is 0 Å². The number of rotatable bonds is 2. The van der Waals surface area contributed by atoms with Crippen molar-refractivity contribution in [2.75, 3.05) is 0 Å². The lowest BCUT2D eigenvalue weighted by Crippen LogP contribution is -2.07. The molecule has 0 bridgehead atoms. The first kappa shape index (κ1) is 11.7. The zero-order valence-electron chi connectivity index (χ0n) is 10.0. The van der Waals surface area contributed by atoms with Crippen molar-refractivity contribution in [3.8, 4) is 0 Å². The maximum absolute atomic E-state index is 11.8. The predicted octanol–water partition coefficient (Wildman–Crippen LogP) is 3.82. The van der Waals surface area contributed by atoms with Crippen molar-refractivity contribution < 1.29 is 4.79 Å². The van der Waals surface area contributed by atoms with Crippen LogP contribution in [-0.2, 0) is 13.0 Å². The molecular weight excluding hydrogens is 290 g/mol. The number of fused-ring (bicyclic) bond motifs is 1. The zero-order valence-corrected chi connectivity index (χ0v) is 11.6. The fourth-order valence-corrected chi connectivity index (χ4v) is 2.90. The summed E-state index contributed by atoms with van der Waals surface area (Å²) < 4.78 is 3.23. The third-order valence-electron chi connectivity index (χ3n) is 3.42. The molecule has 92 valence electrons. The molecule has 0 unspecified atom stereocenters. The van der Waals surface area contributed by atoms with Gasteiger partial charge in [-0.05, 0) is 30.0 Å². The van der Waals surface area contributed by atoms with E-state index in [2.05, 4.69) is 32.8 Å². The molecule has 3 rings (SSSR count). The Balaban J connectivity index is 1.90. The Bertz CT molecular complexity index is 600. The maximum Gasteiger partial charge on any atom is 0.164 e. The molecule has 0 saturated heterocycles. The number of aromatic nitrogens is 1. The molecule has 1 aliphatic rings. The predicted molar refractivity (Wildman–Crippen MR) is 74.9 cm³/mol. The summed E-state index contributed by atoms with van der Waals surface area (Å²) in [5.74, 6) is 0.294. The Kier molecular flexibility index (Phi) is 3.08. The second kappa shape index (κ2) is 4.73. The minimum absolute atomic E-state index is 0.294. The lowest BCUT2D eigenvalue weighted by molar-refractivity contribution is 0.0973. The van der Waals surface area contributed by atoms with Crippen molar-refractivity contribution in [2.45, 2.75) is 25.8 Å². The molecule has 2 aromatic rings. The summed E-state index contributed by atoms with van der Waals surface area (Å²) >= 11 is 3.56. The van der Waals surface area contributed by atoms with Gasteiger partial charge in [0.15, 0.2) is 5.78 Å². The summed E-state index contributed by atoms with van der Waals surface area (Å²) in [6.07, 6.45) is 6.84. The number of benzene rings is 1. The van der Waals surface area contributed by atoms with Crippen LogP contribution in [0.25, 0.3) is 0 Å². The number of carbonyl (C=O) groups is 1. The van der Waals surface area contributed by atoms with E-state index in [1.807, 2.05) is 24.4 Å². The van der Waals surface area contributed by atoms with Crippen LogP contribution in [0.5, 0.6) is 0 Å². The second-order valence-corrected chi connectivity index (χ2v) is 5.59. The summed E-state index contributed by atoms with van der Waals surface area (Å²) in [5.41, 5.74) is 3.36. The van der Waals surface area contributed by atoms with Gasteiger partial charge in [-0.2, -0.15) is 0 Å². The number of Topliss-reactive ketones (excluding diaryl/α,β-unsaturated/α-hetero) is 1. The van der Waals surface area contributed by atoms with Crippen LogP contribution in [-0.4, -0.2) is 10.4 Å². The topological polar surface area (TPSA) is 22.0 Å². The van der Waals surface area contributed by atoms with Crippen LogP contribution in [0.3, 0.4) is 0 Å². The van der Waals surface area contributed by atoms with E-state index in [1.54, 1.807) is 0 Å². The molecule has 1 aliphatic carbocycles. The van der Waals surface area contributed by atoms with Crippen LogP contribution in [0.1, 0.15) is 34.3 Å². The molecule has 0 saturated carbocycles. The van der Waals surface area contributed by atoms with Crippen LogP contribution >= 0.6 is 15.9 Å². The summed E-state index contributed by atoms with van der Waals surface area (Å²) in [6.45, 7) is 0.807. The third kappa shape index (κ3) is 2.15. The third-order valence-corrected chi connectivity index (χ3v) is 4.20. The summed E-state index contributed by atoms with van der Waals surface area (Å²) in [7, 11) is 0. The highest BCUT2D eigenvalue weighted by atomic mass is 79.9. The largest absolute Gasteiger partial charge is 0.349 e. The first-order valence-electron chi connectivity index (χ1n) is 6.19. The molecule has 0 radical (unpaired) electrons. The molecule has 3 heteroatoms. The van der Waals surface area contributed by atoms with Gasteiger partial charge < -0.3 is 4.57 Å². The van der Waals surface area contributed by atoms with Crippen molar-refractivity contribution in [3.05, 3.63) is 57.8 Å². The quantitative estimate of drug-likeness (QED) is 0.827. The average Bonchev–Trinajstić information content (AvgIpc) is 2.76. The Morgan fingerprint density at radius 3 is 2.78 bits per heavy atom. The van der Waals surface area contributed by atoms with Crippen molar-refractivity contribution in [1.82, 2.24) is 4.57 Å². The highest BCUT2D eigenvalue weighted by Crippen LogP contribution is 2.24. The van der Waals surface area contributed by atoms with E-state index >= 15 is 0 Å². The van der Waals surface area contributed by atoms with E-state index in [9.17, 15) is 4.79 Å². The minimum Gasteiger partial charge on any atom is -0.349 e. The smallest absolute Gasteiger partial charge is 0.164 e. The molecule has 0 fully saturated rings. The van der Waals surface area contributed by atoms with Crippen molar-refractivity contribution in [1.29, 1.82) is 0 Å². The lowest BCUT2D eigenvalue weighted by Gasteiger charge is -2.07. The Labute approximate surface area is 115 Å². The van der Waals surface area contributed by atoms with Gasteiger partial charge in [-0.3, -0.25) is 4.79 Å². The molecule has 1 aromatic carbocycles. The zero-order chi connectivity index (χ0) is 12.5. The molecule has 2 nitrogen and oxygen atoms in total. The van der Waals surface area contributed by atoms with E-state index < -0.39 is 0 Å². The molecule has 1 heterocycles. The molecular formula is C15H14BrNO. The van der Waals surface area contributed by atoms with E-state index in [-0.39, 0.29) is 0 Å². The number of hydrogen-bond acceptors (Lipinski definition) is 1. The van der Waals surface area contributed by atoms with Crippen molar-refractivity contribution in [3.63, 3.8) is 0 Å². The van der Waals surface area contributed by atoms with E-state index in [4.69, 9.17) is 0 Å². The molecule has 18 heavy (non-hydrogen) atoms. The fraction of sp³-hybridized carbons (Fsp3) is 0.267. The number of aryl methyl sites for hydroxylation is 1. The van der Waals surface area contributed by atoms with Crippen LogP contribution in [0, 0.1) is 0 Å². The first-order chi connectivity index (χ1) is 8.74. The molecule has 0 amide bonds. The van der Waals surface area contributed by atoms with Gasteiger partial charge >= 0.3 is 0 Å². The minimum atomic E-state index is 0.294. The normalized spacial score (nSPS) is 14.6. The number of halogens is 1. The van der Waals surface area contributed by atoms with Gasteiger partial charge in [-0.1, -0.05) is 34.1 Å². The van der Waals surface area contributed by atoms with Gasteiger partial charge in [-0.25, -0.2) is 0 Å². The number of carbonyl (C=O) groups excluding carboxylic acids is 1. The number of nitrogens with zero attached hydrogens (tertiary/aromatic N) is 1. The van der Waals surface area contributed by atoms with Gasteiger partial charge in [0.2, 0.25) is 0 Å². The molecule has 1 aromatic heterocycles. The van der Waals surface area contributed by atoms with Crippen LogP contribution in [0.15, 0.2) is 41.1 Å². The Morgan fingerprint density at radius 2 is 2.00 bits per heavy atom.